The van der Waals surface area contributed by atoms with Crippen LogP contribution in [0.1, 0.15) is 39.7 Å². The maximum absolute atomic E-state index is 6.30. The van der Waals surface area contributed by atoms with Gasteiger partial charge in [-0.05, 0) is 58.0 Å². The molecule has 0 saturated carbocycles. The molecule has 5 nitrogen and oxygen atoms in total. The largest absolute Gasteiger partial charge is 0.338 e. The van der Waals surface area contributed by atoms with E-state index in [9.17, 15) is 0 Å². The molecule has 0 aromatic heterocycles. The summed E-state index contributed by atoms with van der Waals surface area (Å²) in [5, 5.41) is 7.60. The van der Waals surface area contributed by atoms with E-state index in [2.05, 4.69) is 30.7 Å². The minimum absolute atomic E-state index is 0.723. The van der Waals surface area contributed by atoms with E-state index in [1.807, 2.05) is 37.1 Å². The number of hydrogen-bond acceptors (Lipinski definition) is 5. The summed E-state index contributed by atoms with van der Waals surface area (Å²) in [6.07, 6.45) is 0.950. The van der Waals surface area contributed by atoms with Crippen LogP contribution in [0.25, 0.3) is 5.70 Å². The van der Waals surface area contributed by atoms with Gasteiger partial charge in [0.2, 0.25) is 5.96 Å². The Kier molecular flexibility index (Phi) is 5.68. The zero-order valence-corrected chi connectivity index (χ0v) is 17.1. The lowest BCUT2D eigenvalue weighted by atomic mass is 10.0. The maximum Gasteiger partial charge on any atom is 0.227 e. The summed E-state index contributed by atoms with van der Waals surface area (Å²) in [7, 11) is 2.16. The third kappa shape index (κ3) is 3.79. The molecule has 0 bridgehead atoms. The van der Waals surface area contributed by atoms with E-state index in [-0.39, 0.29) is 0 Å². The van der Waals surface area contributed by atoms with Crippen LogP contribution in [0.3, 0.4) is 0 Å². The van der Waals surface area contributed by atoms with Crippen LogP contribution in [-0.2, 0) is 0 Å². The molecule has 2 aliphatic heterocycles. The Morgan fingerprint density at radius 2 is 1.85 bits per heavy atom. The second kappa shape index (κ2) is 7.80. The van der Waals surface area contributed by atoms with E-state index in [1.165, 1.54) is 5.57 Å². The highest BCUT2D eigenvalue weighted by Crippen LogP contribution is 2.39. The minimum atomic E-state index is 0.723. The predicted molar refractivity (Wildman–Crippen MR) is 111 cm³/mol. The third-order valence-corrected chi connectivity index (χ3v) is 5.09. The molecular formula is C20H28ClN5. The van der Waals surface area contributed by atoms with Gasteiger partial charge in [-0.1, -0.05) is 18.5 Å². The van der Waals surface area contributed by atoms with Crippen molar-refractivity contribution in [1.82, 2.24) is 14.8 Å². The number of allylic oxidation sites excluding steroid dienone is 1. The van der Waals surface area contributed by atoms with Gasteiger partial charge in [0.1, 0.15) is 0 Å². The monoisotopic (exact) mass is 373 g/mol. The second-order valence-corrected chi connectivity index (χ2v) is 7.64. The first-order valence-corrected chi connectivity index (χ1v) is 9.62. The summed E-state index contributed by atoms with van der Waals surface area (Å²) in [6.45, 7) is 12.3. The number of hydrogen-bond donors (Lipinski definition) is 0. The summed E-state index contributed by atoms with van der Waals surface area (Å²) in [5.41, 5.74) is 5.40. The van der Waals surface area contributed by atoms with Crippen molar-refractivity contribution >= 4 is 34.7 Å². The molecule has 0 unspecified atom stereocenters. The van der Waals surface area contributed by atoms with Crippen molar-refractivity contribution < 1.29 is 0 Å². The molecule has 1 fully saturated rings. The number of halogens is 1. The van der Waals surface area contributed by atoms with Crippen LogP contribution in [0.5, 0.6) is 0 Å². The standard InChI is InChI=1S/C20H28ClN5/c1-6-15(4)19-17-13-16(21)7-8-18(17)22-20(26(19)23-14(2)3)25-11-9-24(5)10-12-25/h7-8,13H,6,9-12H2,1-5H3. The fraction of sp³-hybridized carbons (Fsp3) is 0.500. The molecule has 0 radical (unpaired) electrons. The Balaban J connectivity index is 2.17. The first kappa shape index (κ1) is 18.9. The van der Waals surface area contributed by atoms with Crippen LogP contribution < -0.4 is 0 Å². The third-order valence-electron chi connectivity index (χ3n) is 4.86. The molecule has 2 aliphatic rings. The number of benzene rings is 1. The molecule has 0 spiro atoms. The number of guanidine groups is 1. The van der Waals surface area contributed by atoms with Gasteiger partial charge in [0.05, 0.1) is 11.4 Å². The number of hydrazone groups is 1. The number of nitrogens with zero attached hydrogens (tertiary/aromatic N) is 5. The molecule has 1 saturated heterocycles. The first-order chi connectivity index (χ1) is 12.4. The van der Waals surface area contributed by atoms with E-state index < -0.39 is 0 Å². The van der Waals surface area contributed by atoms with Gasteiger partial charge in [-0.2, -0.15) is 10.1 Å². The van der Waals surface area contributed by atoms with Gasteiger partial charge in [-0.3, -0.25) is 0 Å². The first-order valence-electron chi connectivity index (χ1n) is 9.24. The number of piperazine rings is 1. The molecule has 0 amide bonds. The van der Waals surface area contributed by atoms with E-state index in [4.69, 9.17) is 21.7 Å². The van der Waals surface area contributed by atoms with Gasteiger partial charge in [-0.15, -0.1) is 0 Å². The lowest BCUT2D eigenvalue weighted by Crippen LogP contribution is -2.51. The number of likely N-dealkylation sites (N-methyl/N-ethyl adjacent to an activating group) is 1. The van der Waals surface area contributed by atoms with Gasteiger partial charge >= 0.3 is 0 Å². The normalized spacial score (nSPS) is 19.8. The maximum atomic E-state index is 6.30. The molecule has 26 heavy (non-hydrogen) atoms. The van der Waals surface area contributed by atoms with Crippen LogP contribution in [0.2, 0.25) is 5.02 Å². The molecule has 6 heteroatoms. The summed E-state index contributed by atoms with van der Waals surface area (Å²) in [5.74, 6) is 0.914. The van der Waals surface area contributed by atoms with E-state index in [1.54, 1.807) is 0 Å². The average Bonchev–Trinajstić information content (AvgIpc) is 2.61. The Morgan fingerprint density at radius 3 is 2.46 bits per heavy atom. The predicted octanol–water partition coefficient (Wildman–Crippen LogP) is 4.43. The highest BCUT2D eigenvalue weighted by atomic mass is 35.5. The van der Waals surface area contributed by atoms with Gasteiger partial charge in [0, 0.05) is 42.5 Å². The molecule has 0 aliphatic carbocycles. The zero-order valence-electron chi connectivity index (χ0n) is 16.4. The molecule has 0 N–H and O–H groups in total. The summed E-state index contributed by atoms with van der Waals surface area (Å²) in [6, 6.07) is 5.92. The van der Waals surface area contributed by atoms with Crippen molar-refractivity contribution in [2.45, 2.75) is 34.1 Å². The molecule has 1 aromatic rings. The SMILES string of the molecule is CCC(C)=C1c2cc(Cl)ccc2N=C(N2CCN(C)CC2)N1N=C(C)C. The fourth-order valence-electron chi connectivity index (χ4n) is 3.25. The van der Waals surface area contributed by atoms with E-state index >= 15 is 0 Å². The van der Waals surface area contributed by atoms with Gasteiger partial charge in [0.15, 0.2) is 0 Å². The Bertz CT molecular complexity index is 768. The van der Waals surface area contributed by atoms with Gasteiger partial charge in [0.25, 0.3) is 0 Å². The lowest BCUT2D eigenvalue weighted by Gasteiger charge is -2.40. The number of fused-ring (bicyclic) bond motifs is 1. The van der Waals surface area contributed by atoms with Gasteiger partial charge in [-0.25, -0.2) is 4.99 Å². The van der Waals surface area contributed by atoms with Crippen molar-refractivity contribution in [2.24, 2.45) is 10.1 Å². The van der Waals surface area contributed by atoms with E-state index in [0.29, 0.717) is 0 Å². The molecule has 2 heterocycles. The van der Waals surface area contributed by atoms with Crippen molar-refractivity contribution in [3.05, 3.63) is 34.4 Å². The smallest absolute Gasteiger partial charge is 0.227 e. The van der Waals surface area contributed by atoms with Crippen molar-refractivity contribution in [1.29, 1.82) is 0 Å². The highest BCUT2D eigenvalue weighted by molar-refractivity contribution is 6.31. The second-order valence-electron chi connectivity index (χ2n) is 7.21. The van der Waals surface area contributed by atoms with Crippen LogP contribution in [-0.4, -0.2) is 59.7 Å². The van der Waals surface area contributed by atoms with E-state index in [0.717, 1.165) is 66.2 Å². The molecule has 0 atom stereocenters. The lowest BCUT2D eigenvalue weighted by molar-refractivity contribution is 0.204. The molecule has 1 aromatic carbocycles. The van der Waals surface area contributed by atoms with Crippen molar-refractivity contribution in [2.75, 3.05) is 33.2 Å². The van der Waals surface area contributed by atoms with Crippen LogP contribution in [0.4, 0.5) is 5.69 Å². The zero-order chi connectivity index (χ0) is 18.8. The number of aliphatic imine (C=N–C) groups is 1. The Morgan fingerprint density at radius 1 is 1.15 bits per heavy atom. The summed E-state index contributed by atoms with van der Waals surface area (Å²) < 4.78 is 0. The molecule has 3 rings (SSSR count). The van der Waals surface area contributed by atoms with Crippen LogP contribution in [0, 0.1) is 0 Å². The minimum Gasteiger partial charge on any atom is -0.338 e. The molecule has 140 valence electrons. The summed E-state index contributed by atoms with van der Waals surface area (Å²) in [4.78, 5) is 9.67. The fourth-order valence-corrected chi connectivity index (χ4v) is 3.42. The molecular weight excluding hydrogens is 346 g/mol. The van der Waals surface area contributed by atoms with Crippen molar-refractivity contribution in [3.8, 4) is 0 Å². The van der Waals surface area contributed by atoms with Crippen LogP contribution in [0.15, 0.2) is 33.9 Å². The van der Waals surface area contributed by atoms with Crippen molar-refractivity contribution in [3.63, 3.8) is 0 Å². The quantitative estimate of drug-likeness (QED) is 0.719. The Labute approximate surface area is 161 Å². The number of rotatable bonds is 2. The van der Waals surface area contributed by atoms with Crippen LogP contribution >= 0.6 is 11.6 Å². The Hall–Kier alpha value is -1.85. The summed E-state index contributed by atoms with van der Waals surface area (Å²) >= 11 is 6.30. The average molecular weight is 374 g/mol. The van der Waals surface area contributed by atoms with Gasteiger partial charge < -0.3 is 9.80 Å². The topological polar surface area (TPSA) is 34.4 Å². The highest BCUT2D eigenvalue weighted by Gasteiger charge is 2.31.